The summed E-state index contributed by atoms with van der Waals surface area (Å²) in [5, 5.41) is 14.6. The van der Waals surface area contributed by atoms with Crippen molar-refractivity contribution in [3.8, 4) is 0 Å². The molecule has 1 fully saturated rings. The fourth-order valence-electron chi connectivity index (χ4n) is 2.98. The normalized spacial score (nSPS) is 15.5. The summed E-state index contributed by atoms with van der Waals surface area (Å²) in [7, 11) is 1.95. The molecule has 0 spiro atoms. The van der Waals surface area contributed by atoms with E-state index in [4.69, 9.17) is 0 Å². The molecule has 8 nitrogen and oxygen atoms in total. The first-order valence-electron chi connectivity index (χ1n) is 8.88. The van der Waals surface area contributed by atoms with Crippen LogP contribution in [0.5, 0.6) is 0 Å². The van der Waals surface area contributed by atoms with E-state index in [9.17, 15) is 4.79 Å². The minimum atomic E-state index is 0.0969. The van der Waals surface area contributed by atoms with Crippen LogP contribution >= 0.6 is 0 Å². The fourth-order valence-corrected chi connectivity index (χ4v) is 2.98. The van der Waals surface area contributed by atoms with E-state index >= 15 is 0 Å². The molecule has 1 amide bonds. The lowest BCUT2D eigenvalue weighted by molar-refractivity contribution is -0.121. The van der Waals surface area contributed by atoms with Crippen molar-refractivity contribution in [2.45, 2.75) is 33.1 Å². The first-order valence-corrected chi connectivity index (χ1v) is 8.88. The van der Waals surface area contributed by atoms with Crippen molar-refractivity contribution in [3.63, 3.8) is 0 Å². The molecule has 3 rings (SSSR count). The number of aryl methyl sites for hydroxylation is 1. The maximum atomic E-state index is 11.9. The second-order valence-electron chi connectivity index (χ2n) is 7.05. The summed E-state index contributed by atoms with van der Waals surface area (Å²) in [4.78, 5) is 22.4. The van der Waals surface area contributed by atoms with E-state index in [0.717, 1.165) is 43.0 Å². The second-order valence-corrected chi connectivity index (χ2v) is 7.05. The van der Waals surface area contributed by atoms with Crippen molar-refractivity contribution >= 4 is 22.8 Å². The number of carbonyl (C=O) groups is 1. The van der Waals surface area contributed by atoms with Crippen LogP contribution in [0.4, 0.5) is 5.82 Å². The topological polar surface area (TPSA) is 98.8 Å². The van der Waals surface area contributed by atoms with E-state index in [1.54, 1.807) is 0 Å². The van der Waals surface area contributed by atoms with E-state index in [1.807, 2.05) is 25.8 Å². The molecule has 0 radical (unpaired) electrons. The van der Waals surface area contributed by atoms with Crippen molar-refractivity contribution in [2.75, 3.05) is 38.5 Å². The molecular formula is C17H27N7O. The van der Waals surface area contributed by atoms with Crippen molar-refractivity contribution in [1.82, 2.24) is 30.4 Å². The monoisotopic (exact) mass is 345 g/mol. The highest BCUT2D eigenvalue weighted by molar-refractivity contribution is 5.88. The average molecular weight is 345 g/mol. The van der Waals surface area contributed by atoms with Crippen LogP contribution in [0.15, 0.2) is 6.33 Å². The largest absolute Gasteiger partial charge is 0.369 e. The van der Waals surface area contributed by atoms with Gasteiger partial charge in [-0.05, 0) is 45.2 Å². The van der Waals surface area contributed by atoms with E-state index < -0.39 is 0 Å². The summed E-state index contributed by atoms with van der Waals surface area (Å²) in [6.45, 7) is 6.93. The van der Waals surface area contributed by atoms with Crippen LogP contribution in [0.25, 0.3) is 11.0 Å². The molecule has 3 N–H and O–H groups in total. The highest BCUT2D eigenvalue weighted by Gasteiger charge is 2.41. The molecule has 1 saturated carbocycles. The van der Waals surface area contributed by atoms with Gasteiger partial charge in [-0.3, -0.25) is 14.8 Å². The van der Waals surface area contributed by atoms with Crippen LogP contribution in [0.1, 0.15) is 31.9 Å². The molecule has 2 aromatic rings. The van der Waals surface area contributed by atoms with Gasteiger partial charge in [0.2, 0.25) is 5.91 Å². The number of aromatic amines is 1. The van der Waals surface area contributed by atoms with Gasteiger partial charge in [-0.25, -0.2) is 9.97 Å². The smallest absolute Gasteiger partial charge is 0.234 e. The fraction of sp³-hybridized carbons (Fsp3) is 0.647. The zero-order valence-corrected chi connectivity index (χ0v) is 15.2. The standard InChI is InChI=1S/C17H27N7O/c1-4-24(3)9-13(25)18-8-7-17(5-6-17)10-19-15-14-12(2)22-23-16(14)21-11-20-15/h11H,4-10H2,1-3H3,(H,18,25)(H2,19,20,21,22,23). The number of aromatic nitrogens is 4. The lowest BCUT2D eigenvalue weighted by Gasteiger charge is -2.18. The van der Waals surface area contributed by atoms with Gasteiger partial charge in [-0.15, -0.1) is 0 Å². The summed E-state index contributed by atoms with van der Waals surface area (Å²) in [6, 6.07) is 0. The quantitative estimate of drug-likeness (QED) is 0.634. The molecule has 0 bridgehead atoms. The summed E-state index contributed by atoms with van der Waals surface area (Å²) in [6.07, 6.45) is 4.89. The molecule has 25 heavy (non-hydrogen) atoms. The number of hydrogen-bond donors (Lipinski definition) is 3. The van der Waals surface area contributed by atoms with E-state index in [-0.39, 0.29) is 11.3 Å². The highest BCUT2D eigenvalue weighted by Crippen LogP contribution is 2.48. The number of H-pyrrole nitrogens is 1. The van der Waals surface area contributed by atoms with Gasteiger partial charge in [0.1, 0.15) is 12.1 Å². The number of amides is 1. The lowest BCUT2D eigenvalue weighted by Crippen LogP contribution is -2.36. The van der Waals surface area contributed by atoms with Crippen molar-refractivity contribution in [3.05, 3.63) is 12.0 Å². The van der Waals surface area contributed by atoms with Crippen LogP contribution < -0.4 is 10.6 Å². The van der Waals surface area contributed by atoms with E-state index in [0.29, 0.717) is 12.2 Å². The molecule has 0 saturated heterocycles. The molecule has 2 heterocycles. The number of nitrogens with one attached hydrogen (secondary N) is 3. The van der Waals surface area contributed by atoms with Gasteiger partial charge in [0, 0.05) is 18.8 Å². The van der Waals surface area contributed by atoms with E-state index in [2.05, 4.69) is 30.8 Å². The van der Waals surface area contributed by atoms with Crippen LogP contribution in [-0.2, 0) is 4.79 Å². The van der Waals surface area contributed by atoms with Gasteiger partial charge in [0.15, 0.2) is 5.65 Å². The summed E-state index contributed by atoms with van der Waals surface area (Å²) in [5.41, 5.74) is 1.92. The van der Waals surface area contributed by atoms with Crippen molar-refractivity contribution in [2.24, 2.45) is 5.41 Å². The molecule has 0 unspecified atom stereocenters. The Morgan fingerprint density at radius 2 is 2.20 bits per heavy atom. The molecule has 2 aromatic heterocycles. The first-order chi connectivity index (χ1) is 12.0. The molecule has 1 aliphatic rings. The number of rotatable bonds is 9. The second kappa shape index (κ2) is 7.35. The Hall–Kier alpha value is -2.22. The van der Waals surface area contributed by atoms with Gasteiger partial charge < -0.3 is 10.6 Å². The number of likely N-dealkylation sites (N-methyl/N-ethyl adjacent to an activating group) is 1. The predicted octanol–water partition coefficient (Wildman–Crippen LogP) is 1.31. The number of anilines is 1. The highest BCUT2D eigenvalue weighted by atomic mass is 16.2. The Kier molecular flexibility index (Phi) is 5.17. The third-order valence-electron chi connectivity index (χ3n) is 5.05. The van der Waals surface area contributed by atoms with Crippen LogP contribution in [0.3, 0.4) is 0 Å². The number of carbonyl (C=O) groups excluding carboxylic acids is 1. The van der Waals surface area contributed by atoms with Gasteiger partial charge >= 0.3 is 0 Å². The molecular weight excluding hydrogens is 318 g/mol. The Labute approximate surface area is 147 Å². The third-order valence-corrected chi connectivity index (χ3v) is 5.05. The Morgan fingerprint density at radius 1 is 1.40 bits per heavy atom. The predicted molar refractivity (Wildman–Crippen MR) is 97.4 cm³/mol. The van der Waals surface area contributed by atoms with Gasteiger partial charge in [-0.2, -0.15) is 5.10 Å². The van der Waals surface area contributed by atoms with Crippen molar-refractivity contribution < 1.29 is 4.79 Å². The maximum Gasteiger partial charge on any atom is 0.234 e. The molecule has 1 aliphatic carbocycles. The lowest BCUT2D eigenvalue weighted by atomic mass is 10.0. The maximum absolute atomic E-state index is 11.9. The third kappa shape index (κ3) is 4.25. The molecule has 0 atom stereocenters. The number of fused-ring (bicyclic) bond motifs is 1. The first kappa shape index (κ1) is 17.6. The Balaban J connectivity index is 1.49. The van der Waals surface area contributed by atoms with Gasteiger partial charge in [0.25, 0.3) is 0 Å². The van der Waals surface area contributed by atoms with Crippen molar-refractivity contribution in [1.29, 1.82) is 0 Å². The van der Waals surface area contributed by atoms with Crippen LogP contribution in [-0.4, -0.2) is 64.2 Å². The zero-order chi connectivity index (χ0) is 17.9. The molecule has 0 aliphatic heterocycles. The SMILES string of the molecule is CCN(C)CC(=O)NCCC1(CNc2ncnc3n[nH]c(C)c23)CC1. The Morgan fingerprint density at radius 3 is 2.92 bits per heavy atom. The molecule has 8 heteroatoms. The molecule has 136 valence electrons. The zero-order valence-electron chi connectivity index (χ0n) is 15.2. The Bertz CT molecular complexity index is 738. The van der Waals surface area contributed by atoms with Gasteiger partial charge in [-0.1, -0.05) is 6.92 Å². The minimum Gasteiger partial charge on any atom is -0.369 e. The van der Waals surface area contributed by atoms with E-state index in [1.165, 1.54) is 19.2 Å². The number of nitrogens with zero attached hydrogens (tertiary/aromatic N) is 4. The van der Waals surface area contributed by atoms with Crippen LogP contribution in [0, 0.1) is 12.3 Å². The minimum absolute atomic E-state index is 0.0969. The van der Waals surface area contributed by atoms with Gasteiger partial charge in [0.05, 0.1) is 11.9 Å². The summed E-state index contributed by atoms with van der Waals surface area (Å²) >= 11 is 0. The summed E-state index contributed by atoms with van der Waals surface area (Å²) < 4.78 is 0. The average Bonchev–Trinajstić information content (AvgIpc) is 3.27. The summed E-state index contributed by atoms with van der Waals surface area (Å²) in [5.74, 6) is 0.927. The molecule has 0 aromatic carbocycles. The van der Waals surface area contributed by atoms with Crippen LogP contribution in [0.2, 0.25) is 0 Å². The number of hydrogen-bond acceptors (Lipinski definition) is 6.